The minimum atomic E-state index is -0.613. The summed E-state index contributed by atoms with van der Waals surface area (Å²) in [5.41, 5.74) is 1.63. The van der Waals surface area contributed by atoms with Crippen molar-refractivity contribution in [3.63, 3.8) is 0 Å². The van der Waals surface area contributed by atoms with Crippen LogP contribution in [0.2, 0.25) is 0 Å². The number of amides is 1. The molecule has 0 spiro atoms. The van der Waals surface area contributed by atoms with Crippen LogP contribution in [-0.2, 0) is 4.74 Å². The molecule has 1 aromatic heterocycles. The molecule has 1 aromatic carbocycles. The van der Waals surface area contributed by atoms with Crippen molar-refractivity contribution in [2.45, 2.75) is 18.5 Å². The number of hydrogen-bond donors (Lipinski definition) is 3. The minimum Gasteiger partial charge on any atom is -0.394 e. The van der Waals surface area contributed by atoms with Crippen molar-refractivity contribution in [3.05, 3.63) is 42.2 Å². The first-order valence-corrected chi connectivity index (χ1v) is 8.35. The zero-order valence-corrected chi connectivity index (χ0v) is 14.5. The van der Waals surface area contributed by atoms with Gasteiger partial charge in [-0.15, -0.1) is 0 Å². The maximum Gasteiger partial charge on any atom is 0.251 e. The number of aliphatic hydroxyl groups is 1. The van der Waals surface area contributed by atoms with E-state index in [1.165, 1.54) is 0 Å². The summed E-state index contributed by atoms with van der Waals surface area (Å²) in [7, 11) is 1.95. The number of carbonyl (C=O) groups is 1. The van der Waals surface area contributed by atoms with E-state index in [2.05, 4.69) is 20.4 Å². The molecular weight excluding hydrogens is 320 g/mol. The Morgan fingerprint density at radius 3 is 3.04 bits per heavy atom. The zero-order valence-electron chi connectivity index (χ0n) is 14.5. The Kier molecular flexibility index (Phi) is 5.17. The predicted octanol–water partition coefficient (Wildman–Crippen LogP) is 0.888. The van der Waals surface area contributed by atoms with Crippen molar-refractivity contribution >= 4 is 5.91 Å². The van der Waals surface area contributed by atoms with E-state index in [4.69, 9.17) is 4.74 Å². The Balaban J connectivity index is 1.77. The molecule has 134 valence electrons. The summed E-state index contributed by atoms with van der Waals surface area (Å²) in [6.45, 7) is 3.27. The third kappa shape index (κ3) is 3.44. The number of nitrogens with one attached hydrogen (secondary N) is 2. The van der Waals surface area contributed by atoms with Gasteiger partial charge in [0, 0.05) is 29.9 Å². The Morgan fingerprint density at radius 1 is 1.52 bits per heavy atom. The van der Waals surface area contributed by atoms with E-state index in [-0.39, 0.29) is 18.6 Å². The van der Waals surface area contributed by atoms with E-state index in [1.54, 1.807) is 18.5 Å². The van der Waals surface area contributed by atoms with E-state index in [1.807, 2.05) is 32.2 Å². The minimum absolute atomic E-state index is 0.0858. The largest absolute Gasteiger partial charge is 0.394 e. The number of ether oxygens (including phenoxy) is 1. The van der Waals surface area contributed by atoms with Crippen LogP contribution < -0.4 is 5.32 Å². The van der Waals surface area contributed by atoms with Gasteiger partial charge in [0.05, 0.1) is 31.6 Å². The molecule has 3 rings (SSSR count). The number of rotatable bonds is 5. The number of nitrogens with zero attached hydrogens (tertiary/aromatic N) is 2. The lowest BCUT2D eigenvalue weighted by atomic mass is 9.95. The monoisotopic (exact) mass is 344 g/mol. The number of aromatic amines is 1. The molecule has 0 radical (unpaired) electrons. The third-order valence-electron chi connectivity index (χ3n) is 4.99. The molecule has 0 aliphatic carbocycles. The lowest BCUT2D eigenvalue weighted by molar-refractivity contribution is -0.105. The lowest BCUT2D eigenvalue weighted by Crippen LogP contribution is -2.65. The first-order valence-electron chi connectivity index (χ1n) is 8.35. The van der Waals surface area contributed by atoms with E-state index < -0.39 is 5.54 Å². The molecule has 7 heteroatoms. The zero-order chi connectivity index (χ0) is 17.9. The van der Waals surface area contributed by atoms with Crippen molar-refractivity contribution in [2.75, 3.05) is 33.4 Å². The van der Waals surface area contributed by atoms with E-state index >= 15 is 0 Å². The van der Waals surface area contributed by atoms with E-state index in [9.17, 15) is 9.90 Å². The van der Waals surface area contributed by atoms with E-state index in [0.717, 1.165) is 11.1 Å². The summed E-state index contributed by atoms with van der Waals surface area (Å²) in [5.74, 6) is -0.184. The highest BCUT2D eigenvalue weighted by Crippen LogP contribution is 2.24. The lowest BCUT2D eigenvalue weighted by Gasteiger charge is -2.47. The van der Waals surface area contributed by atoms with Gasteiger partial charge in [-0.2, -0.15) is 5.10 Å². The van der Waals surface area contributed by atoms with Crippen LogP contribution in [0.1, 0.15) is 17.3 Å². The molecule has 0 unspecified atom stereocenters. The van der Waals surface area contributed by atoms with Crippen LogP contribution in [0.25, 0.3) is 11.1 Å². The molecule has 2 heterocycles. The van der Waals surface area contributed by atoms with Crippen molar-refractivity contribution in [1.82, 2.24) is 20.4 Å². The van der Waals surface area contributed by atoms with Crippen molar-refractivity contribution in [2.24, 2.45) is 0 Å². The number of H-pyrrole nitrogens is 1. The predicted molar refractivity (Wildman–Crippen MR) is 94.2 cm³/mol. The summed E-state index contributed by atoms with van der Waals surface area (Å²) < 4.78 is 5.61. The quantitative estimate of drug-likeness (QED) is 0.749. The third-order valence-corrected chi connectivity index (χ3v) is 4.99. The van der Waals surface area contributed by atoms with Crippen LogP contribution in [0.5, 0.6) is 0 Å². The first-order chi connectivity index (χ1) is 12.1. The van der Waals surface area contributed by atoms with Gasteiger partial charge in [-0.3, -0.25) is 14.8 Å². The topological polar surface area (TPSA) is 90.5 Å². The molecule has 1 amide bonds. The fraction of sp³-hybridized carbons (Fsp3) is 0.444. The SMILES string of the molecule is C[C@@H]1COC[C@@](CO)(CNC(=O)c2ccccc2-c2cn[nH]c2)N1C. The number of carbonyl (C=O) groups excluding carboxylic acids is 1. The van der Waals surface area contributed by atoms with Gasteiger partial charge in [0.25, 0.3) is 5.91 Å². The molecule has 25 heavy (non-hydrogen) atoms. The molecule has 1 fully saturated rings. The molecule has 0 saturated carbocycles. The standard InChI is InChI=1S/C18H24N4O3/c1-13-9-25-12-18(11-23,22(13)2)10-19-17(24)16-6-4-3-5-15(16)14-7-20-21-8-14/h3-8,13,23H,9-12H2,1-2H3,(H,19,24)(H,20,21)/t13-,18+/m1/s1. The molecular formula is C18H24N4O3. The highest BCUT2D eigenvalue weighted by atomic mass is 16.5. The molecule has 1 aliphatic heterocycles. The van der Waals surface area contributed by atoms with Crippen LogP contribution >= 0.6 is 0 Å². The highest BCUT2D eigenvalue weighted by Gasteiger charge is 2.40. The van der Waals surface area contributed by atoms with Crippen LogP contribution in [0.4, 0.5) is 0 Å². The van der Waals surface area contributed by atoms with Gasteiger partial charge >= 0.3 is 0 Å². The molecule has 7 nitrogen and oxygen atoms in total. The number of likely N-dealkylation sites (N-methyl/N-ethyl adjacent to an activating group) is 1. The van der Waals surface area contributed by atoms with Gasteiger partial charge in [0.2, 0.25) is 0 Å². The van der Waals surface area contributed by atoms with Crippen LogP contribution in [0, 0.1) is 0 Å². The fourth-order valence-electron chi connectivity index (χ4n) is 3.16. The Bertz CT molecular complexity index is 719. The van der Waals surface area contributed by atoms with E-state index in [0.29, 0.717) is 25.3 Å². The number of morpholine rings is 1. The van der Waals surface area contributed by atoms with Gasteiger partial charge in [-0.25, -0.2) is 0 Å². The smallest absolute Gasteiger partial charge is 0.251 e. The summed E-state index contributed by atoms with van der Waals surface area (Å²) in [5, 5.41) is 19.6. The summed E-state index contributed by atoms with van der Waals surface area (Å²) >= 11 is 0. The van der Waals surface area contributed by atoms with Crippen LogP contribution in [0.3, 0.4) is 0 Å². The maximum atomic E-state index is 12.8. The average molecular weight is 344 g/mol. The summed E-state index contributed by atoms with van der Waals surface area (Å²) in [6.07, 6.45) is 3.44. The molecule has 1 aliphatic rings. The van der Waals surface area contributed by atoms with Crippen molar-refractivity contribution < 1.29 is 14.6 Å². The van der Waals surface area contributed by atoms with Crippen molar-refractivity contribution in [3.8, 4) is 11.1 Å². The van der Waals surface area contributed by atoms with Crippen molar-refractivity contribution in [1.29, 1.82) is 0 Å². The van der Waals surface area contributed by atoms with Gasteiger partial charge in [0.1, 0.15) is 0 Å². The second-order valence-electron chi connectivity index (χ2n) is 6.57. The molecule has 1 saturated heterocycles. The molecule has 0 bridgehead atoms. The average Bonchev–Trinajstić information content (AvgIpc) is 3.17. The Hall–Kier alpha value is -2.22. The first kappa shape index (κ1) is 17.6. The van der Waals surface area contributed by atoms with Crippen LogP contribution in [-0.4, -0.2) is 71.1 Å². The van der Waals surface area contributed by atoms with Gasteiger partial charge in [-0.05, 0) is 25.6 Å². The number of hydrogen-bond acceptors (Lipinski definition) is 5. The van der Waals surface area contributed by atoms with Gasteiger partial charge in [-0.1, -0.05) is 18.2 Å². The maximum absolute atomic E-state index is 12.8. The summed E-state index contributed by atoms with van der Waals surface area (Å²) in [6, 6.07) is 7.57. The second kappa shape index (κ2) is 7.35. The molecule has 2 atom stereocenters. The van der Waals surface area contributed by atoms with Gasteiger partial charge in [0.15, 0.2) is 0 Å². The molecule has 2 aromatic rings. The van der Waals surface area contributed by atoms with Gasteiger partial charge < -0.3 is 15.2 Å². The number of aromatic nitrogens is 2. The van der Waals surface area contributed by atoms with Crippen LogP contribution in [0.15, 0.2) is 36.7 Å². The Labute approximate surface area is 147 Å². The second-order valence-corrected chi connectivity index (χ2v) is 6.57. The fourth-order valence-corrected chi connectivity index (χ4v) is 3.16. The highest BCUT2D eigenvalue weighted by molar-refractivity contribution is 6.00. The Morgan fingerprint density at radius 2 is 2.32 bits per heavy atom. The number of aliphatic hydroxyl groups excluding tert-OH is 1. The molecule has 3 N–H and O–H groups in total. The normalized spacial score (nSPS) is 24.2. The number of benzene rings is 1. The summed E-state index contributed by atoms with van der Waals surface area (Å²) in [4.78, 5) is 14.8.